The molecule has 0 aromatic heterocycles. The van der Waals surface area contributed by atoms with Crippen LogP contribution >= 0.6 is 0 Å². The van der Waals surface area contributed by atoms with Crippen LogP contribution in [0.4, 0.5) is 0 Å². The van der Waals surface area contributed by atoms with Gasteiger partial charge in [-0.1, -0.05) is 20.3 Å². The molecule has 1 aromatic carbocycles. The van der Waals surface area contributed by atoms with Gasteiger partial charge < -0.3 is 0 Å². The van der Waals surface area contributed by atoms with Crippen molar-refractivity contribution in [1.29, 1.82) is 0 Å². The van der Waals surface area contributed by atoms with E-state index in [1.165, 1.54) is 40.7 Å². The number of benzene rings is 1. The van der Waals surface area contributed by atoms with Gasteiger partial charge in [0.2, 0.25) is 0 Å². The van der Waals surface area contributed by atoms with E-state index in [4.69, 9.17) is 0 Å². The van der Waals surface area contributed by atoms with Gasteiger partial charge in [-0.3, -0.25) is 0 Å². The Morgan fingerprint density at radius 1 is 0.750 bits per heavy atom. The van der Waals surface area contributed by atoms with Gasteiger partial charge in [0.05, 0.1) is 0 Å². The third-order valence-corrected chi connectivity index (χ3v) is 4.27. The number of hydrogen-bond acceptors (Lipinski definition) is 0. The van der Waals surface area contributed by atoms with Crippen LogP contribution in [-0.2, 0) is 0 Å². The zero-order valence-corrected chi connectivity index (χ0v) is 12.0. The van der Waals surface area contributed by atoms with Gasteiger partial charge in [-0.2, -0.15) is 0 Å². The normalized spacial score (nSPS) is 12.9. The average molecular weight is 218 g/mol. The van der Waals surface area contributed by atoms with E-state index in [9.17, 15) is 0 Å². The minimum absolute atomic E-state index is 0.697. The molecule has 0 heterocycles. The zero-order chi connectivity index (χ0) is 12.5. The molecule has 0 amide bonds. The molecular formula is C16H26. The van der Waals surface area contributed by atoms with Crippen molar-refractivity contribution >= 4 is 0 Å². The molecule has 0 bridgehead atoms. The molecule has 0 fully saturated rings. The molecule has 1 atom stereocenters. The Morgan fingerprint density at radius 3 is 1.50 bits per heavy atom. The second-order valence-electron chi connectivity index (χ2n) is 5.23. The first-order valence-corrected chi connectivity index (χ1v) is 6.48. The Bertz CT molecular complexity index is 357. The predicted molar refractivity (Wildman–Crippen MR) is 73.5 cm³/mol. The summed E-state index contributed by atoms with van der Waals surface area (Å²) >= 11 is 0. The van der Waals surface area contributed by atoms with Crippen LogP contribution in [0.5, 0.6) is 0 Å². The fraction of sp³-hybridized carbons (Fsp3) is 0.625. The maximum Gasteiger partial charge on any atom is -0.0185 e. The minimum atomic E-state index is 0.697. The molecule has 0 aliphatic rings. The van der Waals surface area contributed by atoms with Crippen molar-refractivity contribution in [2.75, 3.05) is 0 Å². The smallest absolute Gasteiger partial charge is 0.0185 e. The lowest BCUT2D eigenvalue weighted by atomic mass is 9.82. The van der Waals surface area contributed by atoms with Crippen LogP contribution in [0.3, 0.4) is 0 Å². The first-order valence-electron chi connectivity index (χ1n) is 6.48. The van der Waals surface area contributed by atoms with E-state index in [2.05, 4.69) is 48.5 Å². The number of hydrogen-bond donors (Lipinski definition) is 0. The Balaban J connectivity index is 3.39. The van der Waals surface area contributed by atoms with Crippen molar-refractivity contribution in [3.8, 4) is 0 Å². The summed E-state index contributed by atoms with van der Waals surface area (Å²) in [6.45, 7) is 16.0. The SMILES string of the molecule is CCCC(C)c1c(C)c(C)c(C)c(C)c1C. The molecule has 0 aliphatic heterocycles. The average Bonchev–Trinajstić information content (AvgIpc) is 2.24. The van der Waals surface area contributed by atoms with Crippen molar-refractivity contribution in [2.45, 2.75) is 67.2 Å². The molecule has 0 heteroatoms. The summed E-state index contributed by atoms with van der Waals surface area (Å²) in [7, 11) is 0. The van der Waals surface area contributed by atoms with E-state index in [-0.39, 0.29) is 0 Å². The molecule has 0 aliphatic carbocycles. The lowest BCUT2D eigenvalue weighted by Crippen LogP contribution is -2.06. The fourth-order valence-corrected chi connectivity index (χ4v) is 2.85. The summed E-state index contributed by atoms with van der Waals surface area (Å²) < 4.78 is 0. The maximum atomic E-state index is 2.37. The van der Waals surface area contributed by atoms with Gasteiger partial charge in [0, 0.05) is 0 Å². The Morgan fingerprint density at radius 2 is 1.12 bits per heavy atom. The Labute approximate surface area is 101 Å². The molecule has 0 N–H and O–H groups in total. The monoisotopic (exact) mass is 218 g/mol. The van der Waals surface area contributed by atoms with E-state index in [0.29, 0.717) is 5.92 Å². The minimum Gasteiger partial charge on any atom is -0.0654 e. The summed E-state index contributed by atoms with van der Waals surface area (Å²) in [4.78, 5) is 0. The van der Waals surface area contributed by atoms with E-state index in [1.54, 1.807) is 5.56 Å². The molecule has 90 valence electrons. The summed E-state index contributed by atoms with van der Waals surface area (Å²) in [5.74, 6) is 0.697. The van der Waals surface area contributed by atoms with Gasteiger partial charge in [0.1, 0.15) is 0 Å². The lowest BCUT2D eigenvalue weighted by molar-refractivity contribution is 0.656. The first-order chi connectivity index (χ1) is 7.41. The van der Waals surface area contributed by atoms with Gasteiger partial charge in [0.25, 0.3) is 0 Å². The van der Waals surface area contributed by atoms with Crippen LogP contribution in [0.2, 0.25) is 0 Å². The van der Waals surface area contributed by atoms with Crippen LogP contribution in [0, 0.1) is 34.6 Å². The summed E-state index contributed by atoms with van der Waals surface area (Å²) in [5, 5.41) is 0. The molecule has 0 spiro atoms. The van der Waals surface area contributed by atoms with E-state index >= 15 is 0 Å². The Kier molecular flexibility index (Phi) is 4.18. The topological polar surface area (TPSA) is 0 Å². The van der Waals surface area contributed by atoms with Crippen molar-refractivity contribution in [3.63, 3.8) is 0 Å². The molecule has 0 nitrogen and oxygen atoms in total. The van der Waals surface area contributed by atoms with E-state index in [0.717, 1.165) is 0 Å². The van der Waals surface area contributed by atoms with Crippen LogP contribution in [0.25, 0.3) is 0 Å². The quantitative estimate of drug-likeness (QED) is 0.659. The standard InChI is InChI=1S/C16H26/c1-8-9-10(2)16-14(6)12(4)11(3)13(5)15(16)7/h10H,8-9H2,1-7H3. The van der Waals surface area contributed by atoms with Gasteiger partial charge in [-0.15, -0.1) is 0 Å². The van der Waals surface area contributed by atoms with Gasteiger partial charge >= 0.3 is 0 Å². The van der Waals surface area contributed by atoms with Crippen LogP contribution in [-0.4, -0.2) is 0 Å². The van der Waals surface area contributed by atoms with Crippen LogP contribution in [0.1, 0.15) is 66.0 Å². The first kappa shape index (κ1) is 13.3. The van der Waals surface area contributed by atoms with Crippen molar-refractivity contribution in [3.05, 3.63) is 33.4 Å². The molecule has 1 unspecified atom stereocenters. The maximum absolute atomic E-state index is 2.37. The molecule has 0 saturated heterocycles. The van der Waals surface area contributed by atoms with Gasteiger partial charge in [-0.25, -0.2) is 0 Å². The van der Waals surface area contributed by atoms with Gasteiger partial charge in [-0.05, 0) is 80.3 Å². The predicted octanol–water partition coefficient (Wildman–Crippen LogP) is 5.13. The fourth-order valence-electron chi connectivity index (χ4n) is 2.85. The molecule has 16 heavy (non-hydrogen) atoms. The lowest BCUT2D eigenvalue weighted by Gasteiger charge is -2.23. The summed E-state index contributed by atoms with van der Waals surface area (Å²) in [6.07, 6.45) is 2.57. The third-order valence-electron chi connectivity index (χ3n) is 4.27. The highest BCUT2D eigenvalue weighted by Crippen LogP contribution is 2.33. The zero-order valence-electron chi connectivity index (χ0n) is 12.0. The van der Waals surface area contributed by atoms with Crippen LogP contribution < -0.4 is 0 Å². The van der Waals surface area contributed by atoms with Gasteiger partial charge in [0.15, 0.2) is 0 Å². The summed E-state index contributed by atoms with van der Waals surface area (Å²) in [5.41, 5.74) is 9.08. The number of rotatable bonds is 3. The van der Waals surface area contributed by atoms with Crippen molar-refractivity contribution < 1.29 is 0 Å². The van der Waals surface area contributed by atoms with Crippen molar-refractivity contribution in [1.82, 2.24) is 0 Å². The largest absolute Gasteiger partial charge is 0.0654 e. The second kappa shape index (κ2) is 5.03. The van der Waals surface area contributed by atoms with Crippen molar-refractivity contribution in [2.24, 2.45) is 0 Å². The highest BCUT2D eigenvalue weighted by Gasteiger charge is 2.16. The molecule has 0 radical (unpaired) electrons. The third kappa shape index (κ3) is 2.16. The van der Waals surface area contributed by atoms with E-state index < -0.39 is 0 Å². The van der Waals surface area contributed by atoms with E-state index in [1.807, 2.05) is 0 Å². The molecular weight excluding hydrogens is 192 g/mol. The molecule has 0 saturated carbocycles. The second-order valence-corrected chi connectivity index (χ2v) is 5.23. The van der Waals surface area contributed by atoms with Crippen LogP contribution in [0.15, 0.2) is 0 Å². The highest BCUT2D eigenvalue weighted by atomic mass is 14.2. The Hall–Kier alpha value is -0.780. The molecule has 1 aromatic rings. The molecule has 1 rings (SSSR count). The highest BCUT2D eigenvalue weighted by molar-refractivity contribution is 5.50. The summed E-state index contributed by atoms with van der Waals surface area (Å²) in [6, 6.07) is 0.